The Balaban J connectivity index is 1.82. The normalized spacial score (nSPS) is 17.1. The maximum atomic E-state index is 13.2. The zero-order valence-corrected chi connectivity index (χ0v) is 15.8. The number of amides is 2. The highest BCUT2D eigenvalue weighted by atomic mass is 19.4. The summed E-state index contributed by atoms with van der Waals surface area (Å²) < 4.78 is 45.8. The summed E-state index contributed by atoms with van der Waals surface area (Å²) in [4.78, 5) is 26.1. The van der Waals surface area contributed by atoms with Gasteiger partial charge in [-0.2, -0.15) is 18.3 Å². The van der Waals surface area contributed by atoms with Gasteiger partial charge in [-0.3, -0.25) is 4.79 Å². The molecule has 1 aromatic carbocycles. The molecule has 2 aromatic rings. The number of carbonyl (C=O) groups excluding carboxylic acids is 2. The van der Waals surface area contributed by atoms with Crippen molar-refractivity contribution in [2.75, 3.05) is 25.0 Å². The number of carbonyl (C=O) groups is 2. The van der Waals surface area contributed by atoms with E-state index in [1.165, 1.54) is 21.8 Å². The summed E-state index contributed by atoms with van der Waals surface area (Å²) in [5.41, 5.74) is -0.559. The Morgan fingerprint density at radius 3 is 2.79 bits per heavy atom. The van der Waals surface area contributed by atoms with Gasteiger partial charge in [-0.15, -0.1) is 0 Å². The first kappa shape index (κ1) is 20.7. The SMILES string of the molecule is CCOC(=O)N1CCCC(C(=O)Nc2cc(C(F)(F)F)ccc2-n2cccn2)C1. The minimum absolute atomic E-state index is 0.00165. The number of nitrogens with zero attached hydrogens (tertiary/aromatic N) is 3. The minimum Gasteiger partial charge on any atom is -0.450 e. The fourth-order valence-electron chi connectivity index (χ4n) is 3.23. The molecular weight excluding hydrogens is 389 g/mol. The molecule has 7 nitrogen and oxygen atoms in total. The average molecular weight is 410 g/mol. The van der Waals surface area contributed by atoms with E-state index in [0.29, 0.717) is 25.1 Å². The first-order chi connectivity index (χ1) is 13.8. The molecule has 1 aliphatic heterocycles. The summed E-state index contributed by atoms with van der Waals surface area (Å²) in [7, 11) is 0. The topological polar surface area (TPSA) is 76.5 Å². The summed E-state index contributed by atoms with van der Waals surface area (Å²) in [6, 6.07) is 4.72. The number of halogens is 3. The second kappa shape index (κ2) is 8.54. The van der Waals surface area contributed by atoms with E-state index in [1.54, 1.807) is 19.2 Å². The number of nitrogens with one attached hydrogen (secondary N) is 1. The van der Waals surface area contributed by atoms with Crippen molar-refractivity contribution >= 4 is 17.7 Å². The number of hydrogen-bond acceptors (Lipinski definition) is 4. The van der Waals surface area contributed by atoms with E-state index in [-0.39, 0.29) is 18.8 Å². The van der Waals surface area contributed by atoms with Gasteiger partial charge in [-0.05, 0) is 44.0 Å². The summed E-state index contributed by atoms with van der Waals surface area (Å²) in [5, 5.41) is 6.62. The number of alkyl halides is 3. The molecule has 1 N–H and O–H groups in total. The van der Waals surface area contributed by atoms with E-state index in [1.807, 2.05) is 0 Å². The lowest BCUT2D eigenvalue weighted by Crippen LogP contribution is -2.44. The Bertz CT molecular complexity index is 868. The largest absolute Gasteiger partial charge is 0.450 e. The van der Waals surface area contributed by atoms with Crippen LogP contribution in [0, 0.1) is 5.92 Å². The van der Waals surface area contributed by atoms with Gasteiger partial charge in [-0.25, -0.2) is 9.48 Å². The zero-order valence-electron chi connectivity index (χ0n) is 15.8. The molecule has 0 aliphatic carbocycles. The molecule has 10 heteroatoms. The molecule has 1 aromatic heterocycles. The van der Waals surface area contributed by atoms with Gasteiger partial charge in [-0.1, -0.05) is 0 Å². The van der Waals surface area contributed by atoms with Crippen molar-refractivity contribution in [3.63, 3.8) is 0 Å². The van der Waals surface area contributed by atoms with Crippen LogP contribution in [0.1, 0.15) is 25.3 Å². The predicted molar refractivity (Wildman–Crippen MR) is 98.5 cm³/mol. The van der Waals surface area contributed by atoms with E-state index in [2.05, 4.69) is 10.4 Å². The molecule has 1 atom stereocenters. The second-order valence-electron chi connectivity index (χ2n) is 6.65. The van der Waals surface area contributed by atoms with Gasteiger partial charge in [0.05, 0.1) is 29.5 Å². The second-order valence-corrected chi connectivity index (χ2v) is 6.65. The highest BCUT2D eigenvalue weighted by molar-refractivity contribution is 5.95. The van der Waals surface area contributed by atoms with Crippen molar-refractivity contribution in [2.24, 2.45) is 5.92 Å². The fourth-order valence-corrected chi connectivity index (χ4v) is 3.23. The Kier molecular flexibility index (Phi) is 6.09. The van der Waals surface area contributed by atoms with Gasteiger partial charge in [0, 0.05) is 25.5 Å². The van der Waals surface area contributed by atoms with Crippen LogP contribution in [-0.4, -0.2) is 46.4 Å². The summed E-state index contributed by atoms with van der Waals surface area (Å²) >= 11 is 0. The van der Waals surface area contributed by atoms with Gasteiger partial charge >= 0.3 is 12.3 Å². The Morgan fingerprint density at radius 1 is 1.34 bits per heavy atom. The van der Waals surface area contributed by atoms with Crippen molar-refractivity contribution in [2.45, 2.75) is 25.9 Å². The van der Waals surface area contributed by atoms with Gasteiger partial charge in [0.15, 0.2) is 0 Å². The van der Waals surface area contributed by atoms with Crippen LogP contribution in [0.2, 0.25) is 0 Å². The Hall–Kier alpha value is -3.04. The molecule has 29 heavy (non-hydrogen) atoms. The quantitative estimate of drug-likeness (QED) is 0.834. The Labute approximate surface area is 165 Å². The number of likely N-dealkylation sites (tertiary alicyclic amines) is 1. The highest BCUT2D eigenvalue weighted by Gasteiger charge is 2.33. The molecule has 0 bridgehead atoms. The number of hydrogen-bond donors (Lipinski definition) is 1. The van der Waals surface area contributed by atoms with Crippen molar-refractivity contribution in [1.29, 1.82) is 0 Å². The van der Waals surface area contributed by atoms with E-state index in [9.17, 15) is 22.8 Å². The summed E-state index contributed by atoms with van der Waals surface area (Å²) in [6.45, 7) is 2.55. The number of piperidine rings is 1. The zero-order chi connectivity index (χ0) is 21.0. The lowest BCUT2D eigenvalue weighted by Gasteiger charge is -2.31. The van der Waals surface area contributed by atoms with E-state index < -0.39 is 29.7 Å². The first-order valence-electron chi connectivity index (χ1n) is 9.23. The summed E-state index contributed by atoms with van der Waals surface area (Å²) in [6.07, 6.45) is -0.860. The first-order valence-corrected chi connectivity index (χ1v) is 9.23. The molecular formula is C19H21F3N4O3. The predicted octanol–water partition coefficient (Wildman–Crippen LogP) is 3.70. The molecule has 3 rings (SSSR count). The molecule has 1 fully saturated rings. The number of aromatic nitrogens is 2. The third-order valence-electron chi connectivity index (χ3n) is 4.65. The van der Waals surface area contributed by atoms with E-state index in [0.717, 1.165) is 12.1 Å². The average Bonchev–Trinajstić information content (AvgIpc) is 3.22. The number of benzene rings is 1. The smallest absolute Gasteiger partial charge is 0.416 e. The van der Waals surface area contributed by atoms with Crippen LogP contribution < -0.4 is 5.32 Å². The molecule has 1 unspecified atom stereocenters. The summed E-state index contributed by atoms with van der Waals surface area (Å²) in [5.74, 6) is -1.00. The fraction of sp³-hybridized carbons (Fsp3) is 0.421. The molecule has 1 saturated heterocycles. The van der Waals surface area contributed by atoms with E-state index >= 15 is 0 Å². The molecule has 0 saturated carbocycles. The van der Waals surface area contributed by atoms with Crippen LogP contribution in [0.25, 0.3) is 5.69 Å². The third-order valence-corrected chi connectivity index (χ3v) is 4.65. The van der Waals surface area contributed by atoms with Crippen LogP contribution in [0.15, 0.2) is 36.7 Å². The molecule has 0 radical (unpaired) electrons. The maximum absolute atomic E-state index is 13.2. The number of ether oxygens (including phenoxy) is 1. The van der Waals surface area contributed by atoms with Crippen LogP contribution in [0.4, 0.5) is 23.7 Å². The van der Waals surface area contributed by atoms with Crippen molar-refractivity contribution in [3.8, 4) is 5.69 Å². The standard InChI is InChI=1S/C19H21F3N4O3/c1-2-29-18(28)25-9-3-5-13(12-25)17(27)24-15-11-14(19(20,21)22)6-7-16(15)26-10-4-8-23-26/h4,6-8,10-11,13H,2-3,5,9,12H2,1H3,(H,24,27). The molecule has 2 heterocycles. The monoisotopic (exact) mass is 410 g/mol. The number of anilines is 1. The van der Waals surface area contributed by atoms with Crippen LogP contribution in [0.5, 0.6) is 0 Å². The van der Waals surface area contributed by atoms with Crippen LogP contribution in [0.3, 0.4) is 0 Å². The van der Waals surface area contributed by atoms with Gasteiger partial charge in [0.25, 0.3) is 0 Å². The van der Waals surface area contributed by atoms with Crippen molar-refractivity contribution in [3.05, 3.63) is 42.2 Å². The molecule has 2 amide bonds. The molecule has 0 spiro atoms. The van der Waals surface area contributed by atoms with Gasteiger partial charge in [0.1, 0.15) is 0 Å². The van der Waals surface area contributed by atoms with Crippen LogP contribution in [-0.2, 0) is 15.7 Å². The minimum atomic E-state index is -4.55. The molecule has 1 aliphatic rings. The lowest BCUT2D eigenvalue weighted by atomic mass is 9.97. The maximum Gasteiger partial charge on any atom is 0.416 e. The third kappa shape index (κ3) is 4.87. The number of rotatable bonds is 4. The van der Waals surface area contributed by atoms with E-state index in [4.69, 9.17) is 4.74 Å². The molecule has 156 valence electrons. The lowest BCUT2D eigenvalue weighted by molar-refractivity contribution is -0.137. The Morgan fingerprint density at radius 2 is 2.14 bits per heavy atom. The van der Waals surface area contributed by atoms with Crippen molar-refractivity contribution in [1.82, 2.24) is 14.7 Å². The van der Waals surface area contributed by atoms with Gasteiger partial charge < -0.3 is 15.0 Å². The highest BCUT2D eigenvalue weighted by Crippen LogP contribution is 2.33. The van der Waals surface area contributed by atoms with Crippen LogP contribution >= 0.6 is 0 Å². The van der Waals surface area contributed by atoms with Gasteiger partial charge in [0.2, 0.25) is 5.91 Å². The van der Waals surface area contributed by atoms with Crippen molar-refractivity contribution < 1.29 is 27.5 Å².